The third-order valence-corrected chi connectivity index (χ3v) is 5.93. The Kier molecular flexibility index (Phi) is 6.76. The van der Waals surface area contributed by atoms with Crippen molar-refractivity contribution in [2.45, 2.75) is 32.7 Å². The van der Waals surface area contributed by atoms with Crippen LogP contribution >= 0.6 is 11.6 Å². The molecular formula is C28H25ClN2O4. The molecule has 35 heavy (non-hydrogen) atoms. The van der Waals surface area contributed by atoms with Gasteiger partial charge >= 0.3 is 5.97 Å². The Hall–Kier alpha value is -3.90. The summed E-state index contributed by atoms with van der Waals surface area (Å²) in [6.07, 6.45) is 0. The Balaban J connectivity index is 1.45. The van der Waals surface area contributed by atoms with E-state index in [4.69, 9.17) is 16.3 Å². The molecule has 1 aliphatic heterocycles. The number of carbonyl (C=O) groups is 3. The van der Waals surface area contributed by atoms with Crippen molar-refractivity contribution in [1.29, 1.82) is 0 Å². The molecule has 0 spiro atoms. The van der Waals surface area contributed by atoms with Gasteiger partial charge in [-0.25, -0.2) is 4.79 Å². The van der Waals surface area contributed by atoms with Crippen molar-refractivity contribution in [3.8, 4) is 5.75 Å². The van der Waals surface area contributed by atoms with Crippen LogP contribution in [0.4, 0.5) is 5.69 Å². The predicted octanol–water partition coefficient (Wildman–Crippen LogP) is 5.63. The van der Waals surface area contributed by atoms with Gasteiger partial charge in [0.15, 0.2) is 0 Å². The molecule has 178 valence electrons. The van der Waals surface area contributed by atoms with Crippen LogP contribution in [-0.2, 0) is 21.5 Å². The van der Waals surface area contributed by atoms with E-state index in [9.17, 15) is 14.4 Å². The van der Waals surface area contributed by atoms with Gasteiger partial charge in [-0.3, -0.25) is 14.5 Å². The second kappa shape index (κ2) is 9.76. The van der Waals surface area contributed by atoms with E-state index < -0.39 is 17.8 Å². The van der Waals surface area contributed by atoms with Crippen molar-refractivity contribution < 1.29 is 19.1 Å². The molecule has 1 N–H and O–H groups in total. The second-order valence-corrected chi connectivity index (χ2v) is 9.59. The minimum absolute atomic E-state index is 0.00188. The fraction of sp³-hybridized carbons (Fsp3) is 0.179. The predicted molar refractivity (Wildman–Crippen MR) is 135 cm³/mol. The molecule has 0 saturated carbocycles. The zero-order valence-corrected chi connectivity index (χ0v) is 20.4. The zero-order chi connectivity index (χ0) is 25.2. The SMILES string of the molecule is CC(C)(C)c1ccccc1OC(=O)c1ccc(NC2=C(Cl)C(=O)N(Cc3ccccc3)C2=O)cc1. The lowest BCUT2D eigenvalue weighted by Gasteiger charge is -2.22. The molecule has 1 aliphatic rings. The Morgan fingerprint density at radius 2 is 1.51 bits per heavy atom. The first-order valence-corrected chi connectivity index (χ1v) is 11.5. The highest BCUT2D eigenvalue weighted by Crippen LogP contribution is 2.32. The lowest BCUT2D eigenvalue weighted by molar-refractivity contribution is -0.138. The minimum Gasteiger partial charge on any atom is -0.423 e. The number of rotatable bonds is 6. The normalized spacial score (nSPS) is 13.9. The van der Waals surface area contributed by atoms with Gasteiger partial charge in [-0.1, -0.05) is 80.9 Å². The summed E-state index contributed by atoms with van der Waals surface area (Å²) in [5.74, 6) is -1.05. The average molecular weight is 489 g/mol. The molecule has 0 aromatic heterocycles. The summed E-state index contributed by atoms with van der Waals surface area (Å²) in [4.78, 5) is 39.2. The number of anilines is 1. The van der Waals surface area contributed by atoms with E-state index in [1.54, 1.807) is 30.3 Å². The molecule has 7 heteroatoms. The van der Waals surface area contributed by atoms with Crippen molar-refractivity contribution in [2.24, 2.45) is 0 Å². The zero-order valence-electron chi connectivity index (χ0n) is 19.7. The van der Waals surface area contributed by atoms with Gasteiger partial charge in [-0.15, -0.1) is 0 Å². The van der Waals surface area contributed by atoms with Crippen LogP contribution in [0.5, 0.6) is 5.75 Å². The Bertz CT molecular complexity index is 1310. The summed E-state index contributed by atoms with van der Waals surface area (Å²) in [5.41, 5.74) is 2.42. The minimum atomic E-state index is -0.555. The molecule has 3 aromatic carbocycles. The van der Waals surface area contributed by atoms with Gasteiger partial charge in [0.2, 0.25) is 0 Å². The number of imide groups is 1. The van der Waals surface area contributed by atoms with Crippen LogP contribution in [0, 0.1) is 0 Å². The Morgan fingerprint density at radius 1 is 0.886 bits per heavy atom. The molecule has 0 saturated heterocycles. The summed E-state index contributed by atoms with van der Waals surface area (Å²) in [7, 11) is 0. The van der Waals surface area contributed by atoms with E-state index in [-0.39, 0.29) is 22.7 Å². The first kappa shape index (κ1) is 24.2. The van der Waals surface area contributed by atoms with Crippen LogP contribution in [-0.4, -0.2) is 22.7 Å². The fourth-order valence-corrected chi connectivity index (χ4v) is 3.96. The van der Waals surface area contributed by atoms with E-state index >= 15 is 0 Å². The van der Waals surface area contributed by atoms with Gasteiger partial charge in [0, 0.05) is 11.3 Å². The molecule has 0 bridgehead atoms. The highest BCUT2D eigenvalue weighted by Gasteiger charge is 2.37. The van der Waals surface area contributed by atoms with Crippen LogP contribution in [0.2, 0.25) is 0 Å². The number of para-hydroxylation sites is 1. The maximum Gasteiger partial charge on any atom is 0.343 e. The van der Waals surface area contributed by atoms with E-state index in [0.717, 1.165) is 16.0 Å². The van der Waals surface area contributed by atoms with Gasteiger partial charge in [-0.2, -0.15) is 0 Å². The van der Waals surface area contributed by atoms with Gasteiger partial charge in [0.25, 0.3) is 11.8 Å². The number of hydrogen-bond donors (Lipinski definition) is 1. The molecule has 0 radical (unpaired) electrons. The monoisotopic (exact) mass is 488 g/mol. The Labute approximate surface area is 209 Å². The maximum atomic E-state index is 12.9. The summed E-state index contributed by atoms with van der Waals surface area (Å²) >= 11 is 6.19. The molecule has 3 aromatic rings. The lowest BCUT2D eigenvalue weighted by Crippen LogP contribution is -2.31. The van der Waals surface area contributed by atoms with Gasteiger partial charge in [-0.05, 0) is 41.3 Å². The van der Waals surface area contributed by atoms with Crippen molar-refractivity contribution in [2.75, 3.05) is 5.32 Å². The molecule has 4 rings (SSSR count). The topological polar surface area (TPSA) is 75.7 Å². The molecule has 0 unspecified atom stereocenters. The number of carbonyl (C=O) groups excluding carboxylic acids is 3. The van der Waals surface area contributed by atoms with E-state index in [2.05, 4.69) is 26.1 Å². The number of halogens is 1. The average Bonchev–Trinajstić information content (AvgIpc) is 3.03. The Morgan fingerprint density at radius 3 is 2.17 bits per heavy atom. The van der Waals surface area contributed by atoms with Crippen molar-refractivity contribution in [3.05, 3.63) is 106 Å². The first-order chi connectivity index (χ1) is 16.6. The highest BCUT2D eigenvalue weighted by molar-refractivity contribution is 6.48. The van der Waals surface area contributed by atoms with Gasteiger partial charge in [0.1, 0.15) is 16.5 Å². The maximum absolute atomic E-state index is 12.9. The highest BCUT2D eigenvalue weighted by atomic mass is 35.5. The number of amides is 2. The third-order valence-electron chi connectivity index (χ3n) is 5.58. The lowest BCUT2D eigenvalue weighted by atomic mass is 9.86. The summed E-state index contributed by atoms with van der Waals surface area (Å²) in [6.45, 7) is 6.28. The van der Waals surface area contributed by atoms with Crippen LogP contribution in [0.25, 0.3) is 0 Å². The van der Waals surface area contributed by atoms with Crippen molar-refractivity contribution in [1.82, 2.24) is 4.90 Å². The van der Waals surface area contributed by atoms with Crippen molar-refractivity contribution in [3.63, 3.8) is 0 Å². The van der Waals surface area contributed by atoms with Gasteiger partial charge in [0.05, 0.1) is 12.1 Å². The number of esters is 1. The quantitative estimate of drug-likeness (QED) is 0.276. The number of nitrogens with one attached hydrogen (secondary N) is 1. The number of ether oxygens (including phenoxy) is 1. The van der Waals surface area contributed by atoms with E-state index in [1.807, 2.05) is 48.5 Å². The van der Waals surface area contributed by atoms with Crippen LogP contribution in [0.1, 0.15) is 42.3 Å². The summed E-state index contributed by atoms with van der Waals surface area (Å²) in [6, 6.07) is 23.1. The number of hydrogen-bond acceptors (Lipinski definition) is 5. The standard InChI is InChI=1S/C28H25ClN2O4/c1-28(2,3)21-11-7-8-12-22(21)35-27(34)19-13-15-20(16-14-19)30-24-23(29)25(32)31(26(24)33)17-18-9-5-4-6-10-18/h4-16,30H,17H2,1-3H3. The van der Waals surface area contributed by atoms with E-state index in [1.165, 1.54) is 0 Å². The number of nitrogens with zero attached hydrogens (tertiary/aromatic N) is 1. The van der Waals surface area contributed by atoms with Crippen LogP contribution in [0.3, 0.4) is 0 Å². The largest absolute Gasteiger partial charge is 0.423 e. The fourth-order valence-electron chi connectivity index (χ4n) is 3.73. The van der Waals surface area contributed by atoms with Gasteiger partial charge < -0.3 is 10.1 Å². The molecule has 6 nitrogen and oxygen atoms in total. The smallest absolute Gasteiger partial charge is 0.343 e. The van der Waals surface area contributed by atoms with Crippen molar-refractivity contribution >= 4 is 35.1 Å². The van der Waals surface area contributed by atoms with Crippen LogP contribution < -0.4 is 10.1 Å². The second-order valence-electron chi connectivity index (χ2n) is 9.21. The molecule has 1 heterocycles. The third kappa shape index (κ3) is 5.28. The molecule has 0 aliphatic carbocycles. The van der Waals surface area contributed by atoms with E-state index in [0.29, 0.717) is 17.0 Å². The molecule has 0 atom stereocenters. The summed E-state index contributed by atoms with van der Waals surface area (Å²) in [5, 5.41) is 2.74. The number of benzene rings is 3. The first-order valence-electron chi connectivity index (χ1n) is 11.1. The molecular weight excluding hydrogens is 464 g/mol. The molecule has 2 amide bonds. The molecule has 0 fully saturated rings. The summed E-state index contributed by atoms with van der Waals surface area (Å²) < 4.78 is 5.66. The van der Waals surface area contributed by atoms with Crippen LogP contribution in [0.15, 0.2) is 89.6 Å².